The van der Waals surface area contributed by atoms with Crippen LogP contribution in [0, 0.1) is 0 Å². The number of amides is 2. The van der Waals surface area contributed by atoms with Gasteiger partial charge in [0.1, 0.15) is 0 Å². The molecule has 0 radical (unpaired) electrons. The number of benzene rings is 1. The van der Waals surface area contributed by atoms with Crippen LogP contribution in [0.25, 0.3) is 0 Å². The summed E-state index contributed by atoms with van der Waals surface area (Å²) in [6, 6.07) is 8.93. The maximum atomic E-state index is 10.7. The third kappa shape index (κ3) is 3.75. The first-order valence-corrected chi connectivity index (χ1v) is 6.94. The predicted octanol–water partition coefficient (Wildman–Crippen LogP) is 3.61. The molecule has 0 aliphatic carbocycles. The Morgan fingerprint density at radius 3 is 2.50 bits per heavy atom. The van der Waals surface area contributed by atoms with Gasteiger partial charge in [-0.05, 0) is 46.3 Å². The van der Waals surface area contributed by atoms with Gasteiger partial charge in [0.15, 0.2) is 0 Å². The van der Waals surface area contributed by atoms with Gasteiger partial charge in [0.05, 0.1) is 0 Å². The van der Waals surface area contributed by atoms with Crippen molar-refractivity contribution >= 4 is 44.7 Å². The van der Waals surface area contributed by atoms with Gasteiger partial charge in [-0.15, -0.1) is 11.3 Å². The van der Waals surface area contributed by atoms with Crippen molar-refractivity contribution in [2.45, 2.75) is 6.54 Å². The SMILES string of the molecule is NC(=O)Nc1ccc(NCc2cc(Br)cs2)cc1. The van der Waals surface area contributed by atoms with E-state index in [1.807, 2.05) is 12.1 Å². The molecule has 4 nitrogen and oxygen atoms in total. The number of rotatable bonds is 4. The van der Waals surface area contributed by atoms with E-state index in [-0.39, 0.29) is 0 Å². The fourth-order valence-electron chi connectivity index (χ4n) is 1.45. The molecule has 1 heterocycles. The lowest BCUT2D eigenvalue weighted by Gasteiger charge is -2.06. The molecule has 18 heavy (non-hydrogen) atoms. The van der Waals surface area contributed by atoms with Crippen LogP contribution in [0.1, 0.15) is 4.88 Å². The fourth-order valence-corrected chi connectivity index (χ4v) is 2.84. The molecule has 0 aliphatic heterocycles. The molecule has 0 bridgehead atoms. The quantitative estimate of drug-likeness (QED) is 0.803. The minimum atomic E-state index is -0.556. The summed E-state index contributed by atoms with van der Waals surface area (Å²) < 4.78 is 1.10. The number of nitrogens with two attached hydrogens (primary N) is 1. The molecule has 0 atom stereocenters. The van der Waals surface area contributed by atoms with Crippen molar-refractivity contribution in [1.29, 1.82) is 0 Å². The minimum Gasteiger partial charge on any atom is -0.380 e. The lowest BCUT2D eigenvalue weighted by Crippen LogP contribution is -2.19. The molecule has 2 rings (SSSR count). The second-order valence-electron chi connectivity index (χ2n) is 3.65. The molecule has 0 saturated carbocycles. The van der Waals surface area contributed by atoms with Crippen molar-refractivity contribution in [3.8, 4) is 0 Å². The van der Waals surface area contributed by atoms with Crippen molar-refractivity contribution in [2.24, 2.45) is 5.73 Å². The van der Waals surface area contributed by atoms with E-state index in [0.29, 0.717) is 5.69 Å². The van der Waals surface area contributed by atoms with Gasteiger partial charge in [-0.3, -0.25) is 0 Å². The van der Waals surface area contributed by atoms with Crippen LogP contribution in [0.5, 0.6) is 0 Å². The smallest absolute Gasteiger partial charge is 0.316 e. The van der Waals surface area contributed by atoms with Gasteiger partial charge in [-0.2, -0.15) is 0 Å². The van der Waals surface area contributed by atoms with E-state index in [4.69, 9.17) is 5.73 Å². The largest absolute Gasteiger partial charge is 0.380 e. The van der Waals surface area contributed by atoms with E-state index in [9.17, 15) is 4.79 Å². The third-order valence-electron chi connectivity index (χ3n) is 2.24. The highest BCUT2D eigenvalue weighted by Crippen LogP contribution is 2.21. The number of hydrogen-bond donors (Lipinski definition) is 3. The summed E-state index contributed by atoms with van der Waals surface area (Å²) in [5.74, 6) is 0. The highest BCUT2D eigenvalue weighted by Gasteiger charge is 1.99. The van der Waals surface area contributed by atoms with Crippen LogP contribution in [-0.2, 0) is 6.54 Å². The van der Waals surface area contributed by atoms with Crippen LogP contribution in [0.3, 0.4) is 0 Å². The molecule has 2 aromatic rings. The molecule has 2 amide bonds. The number of hydrogen-bond acceptors (Lipinski definition) is 3. The number of nitrogens with one attached hydrogen (secondary N) is 2. The Hall–Kier alpha value is -1.53. The van der Waals surface area contributed by atoms with Crippen LogP contribution in [-0.4, -0.2) is 6.03 Å². The van der Waals surface area contributed by atoms with E-state index in [2.05, 4.69) is 38.0 Å². The zero-order valence-electron chi connectivity index (χ0n) is 9.44. The van der Waals surface area contributed by atoms with Gasteiger partial charge in [0.2, 0.25) is 0 Å². The Morgan fingerprint density at radius 1 is 1.28 bits per heavy atom. The van der Waals surface area contributed by atoms with Crippen molar-refractivity contribution in [3.63, 3.8) is 0 Å². The topological polar surface area (TPSA) is 67.2 Å². The Labute approximate surface area is 117 Å². The highest BCUT2D eigenvalue weighted by molar-refractivity contribution is 9.10. The van der Waals surface area contributed by atoms with Crippen molar-refractivity contribution in [3.05, 3.63) is 45.1 Å². The van der Waals surface area contributed by atoms with Gasteiger partial charge in [0, 0.05) is 32.6 Å². The van der Waals surface area contributed by atoms with Gasteiger partial charge in [-0.25, -0.2) is 4.79 Å². The van der Waals surface area contributed by atoms with E-state index < -0.39 is 6.03 Å². The summed E-state index contributed by atoms with van der Waals surface area (Å²) in [6.45, 7) is 0.777. The number of urea groups is 1. The van der Waals surface area contributed by atoms with Crippen molar-refractivity contribution in [1.82, 2.24) is 0 Å². The standard InChI is InChI=1S/C12H12BrN3OS/c13-8-5-11(18-7-8)6-15-9-1-3-10(4-2-9)16-12(14)17/h1-5,7,15H,6H2,(H3,14,16,17). The Balaban J connectivity index is 1.92. The Kier molecular flexibility index (Phi) is 4.22. The van der Waals surface area contributed by atoms with Crippen LogP contribution in [0.4, 0.5) is 16.2 Å². The number of carbonyl (C=O) groups is 1. The van der Waals surface area contributed by atoms with Crippen molar-refractivity contribution in [2.75, 3.05) is 10.6 Å². The fraction of sp³-hybridized carbons (Fsp3) is 0.0833. The average Bonchev–Trinajstić information content (AvgIpc) is 2.74. The van der Waals surface area contributed by atoms with Gasteiger partial charge in [0.25, 0.3) is 0 Å². The zero-order valence-corrected chi connectivity index (χ0v) is 11.8. The van der Waals surface area contributed by atoms with E-state index in [1.165, 1.54) is 4.88 Å². The molecule has 1 aromatic heterocycles. The maximum absolute atomic E-state index is 10.7. The molecule has 1 aromatic carbocycles. The third-order valence-corrected chi connectivity index (χ3v) is 3.94. The molecular formula is C12H12BrN3OS. The number of anilines is 2. The van der Waals surface area contributed by atoms with E-state index in [1.54, 1.807) is 23.5 Å². The van der Waals surface area contributed by atoms with Crippen LogP contribution in [0.2, 0.25) is 0 Å². The molecule has 0 spiro atoms. The summed E-state index contributed by atoms with van der Waals surface area (Å²) in [5.41, 5.74) is 6.71. The lowest BCUT2D eigenvalue weighted by atomic mass is 10.3. The number of carbonyl (C=O) groups excluding carboxylic acids is 1. The normalized spacial score (nSPS) is 10.1. The molecule has 94 valence electrons. The van der Waals surface area contributed by atoms with Crippen LogP contribution < -0.4 is 16.4 Å². The van der Waals surface area contributed by atoms with Gasteiger partial charge in [-0.1, -0.05) is 0 Å². The minimum absolute atomic E-state index is 0.556. The summed E-state index contributed by atoms with van der Waals surface area (Å²) in [4.78, 5) is 11.9. The second kappa shape index (κ2) is 5.88. The molecule has 6 heteroatoms. The number of halogens is 1. The van der Waals surface area contributed by atoms with Gasteiger partial charge >= 0.3 is 6.03 Å². The van der Waals surface area contributed by atoms with Gasteiger partial charge < -0.3 is 16.4 Å². The van der Waals surface area contributed by atoms with Crippen molar-refractivity contribution < 1.29 is 4.79 Å². The number of primary amides is 1. The summed E-state index contributed by atoms with van der Waals surface area (Å²) in [7, 11) is 0. The molecule has 0 unspecified atom stereocenters. The second-order valence-corrected chi connectivity index (χ2v) is 5.56. The first kappa shape index (κ1) is 12.9. The number of thiophene rings is 1. The van der Waals surface area contributed by atoms with E-state index >= 15 is 0 Å². The first-order chi connectivity index (χ1) is 8.63. The molecular weight excluding hydrogens is 314 g/mol. The van der Waals surface area contributed by atoms with E-state index in [0.717, 1.165) is 16.7 Å². The summed E-state index contributed by atoms with van der Waals surface area (Å²) in [5, 5.41) is 7.87. The first-order valence-electron chi connectivity index (χ1n) is 5.27. The molecule has 4 N–H and O–H groups in total. The van der Waals surface area contributed by atoms with Crippen LogP contribution >= 0.6 is 27.3 Å². The predicted molar refractivity (Wildman–Crippen MR) is 79.0 cm³/mol. The Morgan fingerprint density at radius 2 is 1.94 bits per heavy atom. The zero-order chi connectivity index (χ0) is 13.0. The molecule has 0 fully saturated rings. The van der Waals surface area contributed by atoms with Crippen LogP contribution in [0.15, 0.2) is 40.2 Å². The summed E-state index contributed by atoms with van der Waals surface area (Å²) >= 11 is 5.12. The monoisotopic (exact) mass is 325 g/mol. The Bertz CT molecular complexity index is 539. The summed E-state index contributed by atoms with van der Waals surface area (Å²) in [6.07, 6.45) is 0. The lowest BCUT2D eigenvalue weighted by molar-refractivity contribution is 0.259. The average molecular weight is 326 g/mol. The molecule has 0 saturated heterocycles. The maximum Gasteiger partial charge on any atom is 0.316 e. The molecule has 0 aliphatic rings. The highest BCUT2D eigenvalue weighted by atomic mass is 79.9.